The summed E-state index contributed by atoms with van der Waals surface area (Å²) in [5.74, 6) is 0.482. The number of phenolic OH excluding ortho intramolecular Hbond substituents is 1. The molecule has 2 aliphatic heterocycles. The summed E-state index contributed by atoms with van der Waals surface area (Å²) in [5.41, 5.74) is 0.995. The van der Waals surface area contributed by atoms with Gasteiger partial charge >= 0.3 is 0 Å². The number of phenols is 1. The van der Waals surface area contributed by atoms with Crippen molar-refractivity contribution < 1.29 is 24.2 Å². The predicted octanol–water partition coefficient (Wildman–Crippen LogP) is 2.87. The number of ether oxygens (including phenoxy) is 1. The molecule has 2 bridgehead atoms. The van der Waals surface area contributed by atoms with Gasteiger partial charge in [-0.25, -0.2) is 0 Å². The molecule has 4 aliphatic rings. The van der Waals surface area contributed by atoms with E-state index < -0.39 is 17.1 Å². The van der Waals surface area contributed by atoms with E-state index in [4.69, 9.17) is 9.15 Å². The zero-order valence-corrected chi connectivity index (χ0v) is 19.3. The second-order valence-corrected chi connectivity index (χ2v) is 10.0. The van der Waals surface area contributed by atoms with Crippen LogP contribution in [0, 0.1) is 0 Å². The summed E-state index contributed by atoms with van der Waals surface area (Å²) in [6.45, 7) is 5.41. The van der Waals surface area contributed by atoms with Crippen molar-refractivity contribution in [3.63, 3.8) is 0 Å². The first-order valence-electron chi connectivity index (χ1n) is 12.0. The summed E-state index contributed by atoms with van der Waals surface area (Å²) in [4.78, 5) is 17.3. The Labute approximate surface area is 198 Å². The van der Waals surface area contributed by atoms with Crippen LogP contribution in [-0.2, 0) is 16.6 Å². The van der Waals surface area contributed by atoms with Crippen molar-refractivity contribution >= 4 is 12.0 Å². The molecule has 1 aromatic heterocycles. The molecule has 2 fully saturated rings. The lowest BCUT2D eigenvalue weighted by atomic mass is 9.47. The first-order chi connectivity index (χ1) is 16.4. The Bertz CT molecular complexity index is 1170. The van der Waals surface area contributed by atoms with Crippen LogP contribution in [0.15, 0.2) is 53.9 Å². The number of hydrogen-bond acceptors (Lipinski definition) is 6. The van der Waals surface area contributed by atoms with Crippen LogP contribution in [0.2, 0.25) is 0 Å². The second-order valence-electron chi connectivity index (χ2n) is 10.0. The number of aromatic hydroxyl groups is 1. The molecule has 6 rings (SSSR count). The average molecular weight is 463 g/mol. The van der Waals surface area contributed by atoms with Crippen molar-refractivity contribution in [1.29, 1.82) is 0 Å². The number of nitrogens with zero attached hydrogens (tertiary/aromatic N) is 2. The quantitative estimate of drug-likeness (QED) is 0.525. The van der Waals surface area contributed by atoms with E-state index in [0.717, 1.165) is 23.2 Å². The fourth-order valence-corrected chi connectivity index (χ4v) is 7.32. The minimum Gasteiger partial charge on any atom is -0.504 e. The van der Waals surface area contributed by atoms with Crippen molar-refractivity contribution in [3.8, 4) is 11.5 Å². The van der Waals surface area contributed by atoms with Crippen molar-refractivity contribution in [2.75, 3.05) is 20.1 Å². The normalized spacial score (nSPS) is 33.4. The molecule has 1 saturated heterocycles. The van der Waals surface area contributed by atoms with Crippen LogP contribution in [0.1, 0.15) is 36.0 Å². The number of aliphatic hydroxyl groups is 1. The van der Waals surface area contributed by atoms with E-state index in [1.165, 1.54) is 6.08 Å². The van der Waals surface area contributed by atoms with E-state index in [9.17, 15) is 15.0 Å². The van der Waals surface area contributed by atoms with Crippen LogP contribution >= 0.6 is 0 Å². The van der Waals surface area contributed by atoms with Gasteiger partial charge in [0.05, 0.1) is 24.0 Å². The minimum atomic E-state index is -1.23. The molecule has 1 aromatic carbocycles. The van der Waals surface area contributed by atoms with Gasteiger partial charge in [-0.2, -0.15) is 0 Å². The van der Waals surface area contributed by atoms with Gasteiger partial charge in [0.2, 0.25) is 5.91 Å². The van der Waals surface area contributed by atoms with E-state index in [1.807, 2.05) is 12.1 Å². The molecule has 2 aliphatic carbocycles. The predicted molar refractivity (Wildman–Crippen MR) is 127 cm³/mol. The molecule has 7 nitrogen and oxygen atoms in total. The zero-order chi connectivity index (χ0) is 23.7. The van der Waals surface area contributed by atoms with Gasteiger partial charge < -0.3 is 24.3 Å². The highest BCUT2D eigenvalue weighted by atomic mass is 16.5. The number of piperidine rings is 1. The van der Waals surface area contributed by atoms with Crippen LogP contribution in [-0.4, -0.2) is 69.8 Å². The van der Waals surface area contributed by atoms with Crippen LogP contribution in [0.5, 0.6) is 11.5 Å². The molecule has 1 spiro atoms. The fraction of sp³-hybridized carbons (Fsp3) is 0.444. The van der Waals surface area contributed by atoms with E-state index in [1.54, 1.807) is 42.7 Å². The lowest BCUT2D eigenvalue weighted by molar-refractivity contribution is -0.215. The summed E-state index contributed by atoms with van der Waals surface area (Å²) in [7, 11) is 1.78. The van der Waals surface area contributed by atoms with E-state index in [0.29, 0.717) is 38.0 Å². The van der Waals surface area contributed by atoms with Crippen LogP contribution in [0.4, 0.5) is 0 Å². The number of likely N-dealkylation sites (tertiary alicyclic amines) is 1. The molecule has 2 unspecified atom stereocenters. The molecule has 2 aromatic rings. The summed E-state index contributed by atoms with van der Waals surface area (Å²) in [6.07, 6.45) is 10.7. The summed E-state index contributed by atoms with van der Waals surface area (Å²) in [5, 5.41) is 23.5. The Kier molecular flexibility index (Phi) is 4.73. The van der Waals surface area contributed by atoms with Gasteiger partial charge in [0.25, 0.3) is 0 Å². The molecule has 3 heterocycles. The van der Waals surface area contributed by atoms with Gasteiger partial charge in [-0.15, -0.1) is 6.58 Å². The highest BCUT2D eigenvalue weighted by molar-refractivity contribution is 5.92. The van der Waals surface area contributed by atoms with Gasteiger partial charge in [-0.05, 0) is 56.0 Å². The van der Waals surface area contributed by atoms with Crippen molar-refractivity contribution in [1.82, 2.24) is 9.80 Å². The molecule has 34 heavy (non-hydrogen) atoms. The fourth-order valence-electron chi connectivity index (χ4n) is 7.32. The first kappa shape index (κ1) is 21.5. The molecule has 178 valence electrons. The maximum Gasteiger partial charge on any atom is 0.246 e. The molecule has 2 N–H and O–H groups in total. The van der Waals surface area contributed by atoms with Crippen LogP contribution in [0.3, 0.4) is 0 Å². The number of furan rings is 1. The SMILES string of the molecule is C=CCN1CC[C@]23c4c5ccc(O)c4OC2CCC(N(C)C(=O)/C=C/c2ccoc2)[C@@]3(O)[C@H]1C5. The van der Waals surface area contributed by atoms with Crippen LogP contribution in [0.25, 0.3) is 6.08 Å². The molecular weight excluding hydrogens is 432 g/mol. The maximum atomic E-state index is 13.3. The molecule has 7 heteroatoms. The van der Waals surface area contributed by atoms with E-state index in [-0.39, 0.29) is 23.8 Å². The highest BCUT2D eigenvalue weighted by Crippen LogP contribution is 2.65. The monoisotopic (exact) mass is 462 g/mol. The molecular formula is C27H30N2O5. The minimum absolute atomic E-state index is 0.126. The average Bonchev–Trinajstić information content (AvgIpc) is 3.46. The van der Waals surface area contributed by atoms with Gasteiger partial charge in [-0.3, -0.25) is 9.69 Å². The number of hydrogen-bond donors (Lipinski definition) is 2. The third-order valence-corrected chi connectivity index (χ3v) is 8.70. The lowest BCUT2D eigenvalue weighted by Crippen LogP contribution is -2.81. The highest BCUT2D eigenvalue weighted by Gasteiger charge is 2.74. The molecule has 5 atom stereocenters. The van der Waals surface area contributed by atoms with Gasteiger partial charge in [0.1, 0.15) is 11.7 Å². The maximum absolute atomic E-state index is 13.3. The van der Waals surface area contributed by atoms with Gasteiger partial charge in [0, 0.05) is 36.8 Å². The second kappa shape index (κ2) is 7.48. The van der Waals surface area contributed by atoms with Crippen molar-refractivity contribution in [2.24, 2.45) is 0 Å². The van der Waals surface area contributed by atoms with Gasteiger partial charge in [-0.1, -0.05) is 12.1 Å². The first-order valence-corrected chi connectivity index (χ1v) is 12.0. The molecule has 1 amide bonds. The topological polar surface area (TPSA) is 86.4 Å². The third kappa shape index (κ3) is 2.62. The standard InChI is InChI=1S/C27H30N2O5/c1-3-12-29-13-11-26-22-8-7-20(28(2)23(31)9-4-17-10-14-33-16-17)27(26,32)21(29)15-18-5-6-19(30)25(34-22)24(18)26/h3-6,9-10,14,16,20-22,30,32H,1,7-8,11-13,15H2,2H3/b9-4+/t20?,21-,22?,26-,27-/m1/s1. The zero-order valence-electron chi connectivity index (χ0n) is 19.3. The Morgan fingerprint density at radius 2 is 2.21 bits per heavy atom. The largest absolute Gasteiger partial charge is 0.504 e. The van der Waals surface area contributed by atoms with E-state index in [2.05, 4.69) is 11.5 Å². The molecule has 0 radical (unpaired) electrons. The Balaban J connectivity index is 1.46. The smallest absolute Gasteiger partial charge is 0.246 e. The Morgan fingerprint density at radius 3 is 2.97 bits per heavy atom. The van der Waals surface area contributed by atoms with Crippen LogP contribution < -0.4 is 4.74 Å². The summed E-state index contributed by atoms with van der Waals surface area (Å²) >= 11 is 0. The lowest BCUT2D eigenvalue weighted by Gasteiger charge is -2.66. The number of likely N-dealkylation sites (N-methyl/N-ethyl adjacent to an activating group) is 1. The molecule has 1 saturated carbocycles. The Morgan fingerprint density at radius 1 is 1.35 bits per heavy atom. The number of amides is 1. The number of rotatable bonds is 5. The third-order valence-electron chi connectivity index (χ3n) is 8.70. The summed E-state index contributed by atoms with van der Waals surface area (Å²) < 4.78 is 11.5. The number of benzene rings is 1. The number of carbonyl (C=O) groups is 1. The van der Waals surface area contributed by atoms with Crippen molar-refractivity contribution in [3.05, 3.63) is 66.1 Å². The summed E-state index contributed by atoms with van der Waals surface area (Å²) in [6, 6.07) is 4.88. The van der Waals surface area contributed by atoms with Gasteiger partial charge in [0.15, 0.2) is 11.5 Å². The van der Waals surface area contributed by atoms with E-state index >= 15 is 0 Å². The number of carbonyl (C=O) groups excluding carboxylic acids is 1. The Hall–Kier alpha value is -3.03. The van der Waals surface area contributed by atoms with Crippen molar-refractivity contribution in [2.45, 2.75) is 54.9 Å².